The van der Waals surface area contributed by atoms with Crippen LogP contribution in [0.3, 0.4) is 0 Å². The summed E-state index contributed by atoms with van der Waals surface area (Å²) in [6.07, 6.45) is 7.95. The van der Waals surface area contributed by atoms with Crippen molar-refractivity contribution in [2.24, 2.45) is 0 Å². The van der Waals surface area contributed by atoms with Crippen molar-refractivity contribution in [3.05, 3.63) is 0 Å². The summed E-state index contributed by atoms with van der Waals surface area (Å²) < 4.78 is 0. The fraction of sp³-hybridized carbons (Fsp3) is 0.909. The Balaban J connectivity index is 1.82. The van der Waals surface area contributed by atoms with E-state index in [0.717, 1.165) is 25.8 Å². The molecule has 1 aliphatic heterocycles. The van der Waals surface area contributed by atoms with Gasteiger partial charge in [-0.3, -0.25) is 4.79 Å². The minimum Gasteiger partial charge on any atom is -0.351 e. The highest BCUT2D eigenvalue weighted by atomic mass is 32.2. The van der Waals surface area contributed by atoms with E-state index in [1.165, 1.54) is 12.8 Å². The van der Waals surface area contributed by atoms with Crippen molar-refractivity contribution in [1.29, 1.82) is 0 Å². The Morgan fingerprint density at radius 1 is 1.33 bits per heavy atom. The first kappa shape index (κ1) is 11.3. The second-order valence-corrected chi connectivity index (χ2v) is 5.55. The van der Waals surface area contributed by atoms with E-state index in [2.05, 4.69) is 16.9 Å². The normalized spacial score (nSPS) is 35.7. The van der Waals surface area contributed by atoms with Gasteiger partial charge in [0, 0.05) is 11.3 Å². The molecule has 2 N–H and O–H groups in total. The van der Waals surface area contributed by atoms with Gasteiger partial charge < -0.3 is 10.6 Å². The van der Waals surface area contributed by atoms with Crippen LogP contribution in [-0.2, 0) is 4.79 Å². The Labute approximate surface area is 95.8 Å². The van der Waals surface area contributed by atoms with Crippen LogP contribution in [0, 0.1) is 0 Å². The molecule has 1 saturated carbocycles. The Morgan fingerprint density at radius 3 is 2.87 bits per heavy atom. The highest BCUT2D eigenvalue weighted by Crippen LogP contribution is 2.28. The van der Waals surface area contributed by atoms with Crippen LogP contribution < -0.4 is 10.6 Å². The van der Waals surface area contributed by atoms with Gasteiger partial charge in [0.2, 0.25) is 5.91 Å². The fourth-order valence-electron chi connectivity index (χ4n) is 2.56. The topological polar surface area (TPSA) is 41.1 Å². The van der Waals surface area contributed by atoms with Gasteiger partial charge in [-0.1, -0.05) is 6.42 Å². The van der Waals surface area contributed by atoms with E-state index in [4.69, 9.17) is 0 Å². The van der Waals surface area contributed by atoms with E-state index in [9.17, 15) is 4.79 Å². The van der Waals surface area contributed by atoms with Gasteiger partial charge in [-0.25, -0.2) is 0 Å². The molecule has 1 saturated heterocycles. The molecule has 15 heavy (non-hydrogen) atoms. The zero-order chi connectivity index (χ0) is 10.7. The van der Waals surface area contributed by atoms with Gasteiger partial charge in [-0.05, 0) is 38.5 Å². The van der Waals surface area contributed by atoms with Gasteiger partial charge in [-0.2, -0.15) is 11.8 Å². The molecule has 0 aromatic heterocycles. The smallest absolute Gasteiger partial charge is 0.237 e. The predicted octanol–water partition coefficient (Wildman–Crippen LogP) is 1.14. The molecule has 0 bridgehead atoms. The van der Waals surface area contributed by atoms with Crippen molar-refractivity contribution in [3.63, 3.8) is 0 Å². The lowest BCUT2D eigenvalue weighted by Crippen LogP contribution is -2.47. The van der Waals surface area contributed by atoms with Crippen molar-refractivity contribution >= 4 is 17.7 Å². The molecule has 2 aliphatic rings. The van der Waals surface area contributed by atoms with Gasteiger partial charge in [0.05, 0.1) is 6.04 Å². The average Bonchev–Trinajstić information content (AvgIpc) is 2.87. The molecule has 3 nitrogen and oxygen atoms in total. The van der Waals surface area contributed by atoms with Crippen LogP contribution in [-0.4, -0.2) is 36.0 Å². The number of hydrogen-bond donors (Lipinski definition) is 2. The standard InChI is InChI=1S/C11H20N2OS/c1-15-10-6-2-4-8(10)13-11(14)9-5-3-7-12-9/h8-10,12H,2-7H2,1H3,(H,13,14)/t8?,9-,10?/m1/s1. The van der Waals surface area contributed by atoms with Crippen LogP contribution in [0.25, 0.3) is 0 Å². The molecule has 2 rings (SSSR count). The fourth-order valence-corrected chi connectivity index (χ4v) is 3.50. The minimum atomic E-state index is 0.0770. The van der Waals surface area contributed by atoms with Crippen LogP contribution in [0.4, 0.5) is 0 Å². The quantitative estimate of drug-likeness (QED) is 0.761. The zero-order valence-electron chi connectivity index (χ0n) is 9.29. The molecular formula is C11H20N2OS. The van der Waals surface area contributed by atoms with E-state index < -0.39 is 0 Å². The monoisotopic (exact) mass is 228 g/mol. The molecule has 3 atom stereocenters. The number of carbonyl (C=O) groups excluding carboxylic acids is 1. The molecule has 0 radical (unpaired) electrons. The van der Waals surface area contributed by atoms with Crippen molar-refractivity contribution in [3.8, 4) is 0 Å². The molecule has 1 amide bonds. The summed E-state index contributed by atoms with van der Waals surface area (Å²) >= 11 is 1.89. The number of amides is 1. The highest BCUT2D eigenvalue weighted by Gasteiger charge is 2.30. The summed E-state index contributed by atoms with van der Waals surface area (Å²) in [5.41, 5.74) is 0. The van der Waals surface area contributed by atoms with Crippen LogP contribution in [0.5, 0.6) is 0 Å². The van der Waals surface area contributed by atoms with Crippen molar-refractivity contribution in [2.45, 2.75) is 49.4 Å². The molecule has 1 heterocycles. The molecule has 2 unspecified atom stereocenters. The third kappa shape index (κ3) is 2.67. The van der Waals surface area contributed by atoms with Gasteiger partial charge in [0.1, 0.15) is 0 Å². The molecule has 4 heteroatoms. The van der Waals surface area contributed by atoms with Crippen molar-refractivity contribution in [2.75, 3.05) is 12.8 Å². The first-order valence-electron chi connectivity index (χ1n) is 5.88. The van der Waals surface area contributed by atoms with Crippen LogP contribution >= 0.6 is 11.8 Å². The highest BCUT2D eigenvalue weighted by molar-refractivity contribution is 7.99. The largest absolute Gasteiger partial charge is 0.351 e. The van der Waals surface area contributed by atoms with Crippen LogP contribution in [0.15, 0.2) is 0 Å². The molecule has 0 aromatic carbocycles. The van der Waals surface area contributed by atoms with Crippen molar-refractivity contribution in [1.82, 2.24) is 10.6 Å². The van der Waals surface area contributed by atoms with E-state index in [-0.39, 0.29) is 11.9 Å². The number of thioether (sulfide) groups is 1. The van der Waals surface area contributed by atoms with E-state index >= 15 is 0 Å². The molecule has 0 aromatic rings. The van der Waals surface area contributed by atoms with Gasteiger partial charge in [0.25, 0.3) is 0 Å². The summed E-state index contributed by atoms with van der Waals surface area (Å²) in [7, 11) is 0. The second-order valence-electron chi connectivity index (χ2n) is 4.47. The maximum absolute atomic E-state index is 11.9. The van der Waals surface area contributed by atoms with E-state index in [1.54, 1.807) is 0 Å². The molecule has 0 spiro atoms. The van der Waals surface area contributed by atoms with E-state index in [1.807, 2.05) is 11.8 Å². The Bertz CT molecular complexity index is 229. The van der Waals surface area contributed by atoms with Crippen LogP contribution in [0.2, 0.25) is 0 Å². The second kappa shape index (κ2) is 5.21. The summed E-state index contributed by atoms with van der Waals surface area (Å²) in [5.74, 6) is 0.221. The van der Waals surface area contributed by atoms with Gasteiger partial charge in [0.15, 0.2) is 0 Å². The number of rotatable bonds is 3. The summed E-state index contributed by atoms with van der Waals surface area (Å²) in [4.78, 5) is 11.9. The summed E-state index contributed by atoms with van der Waals surface area (Å²) in [6, 6.07) is 0.489. The summed E-state index contributed by atoms with van der Waals surface area (Å²) in [5, 5.41) is 7.08. The number of nitrogens with one attached hydrogen (secondary N) is 2. The minimum absolute atomic E-state index is 0.0770. The Kier molecular flexibility index (Phi) is 3.92. The third-order valence-corrected chi connectivity index (χ3v) is 4.63. The SMILES string of the molecule is CSC1CCCC1NC(=O)[C@H]1CCCN1. The first-order chi connectivity index (χ1) is 7.31. The maximum Gasteiger partial charge on any atom is 0.237 e. The lowest BCUT2D eigenvalue weighted by Gasteiger charge is -2.21. The van der Waals surface area contributed by atoms with Gasteiger partial charge >= 0.3 is 0 Å². The first-order valence-corrected chi connectivity index (χ1v) is 7.16. The molecule has 1 aliphatic carbocycles. The predicted molar refractivity (Wildman–Crippen MR) is 64.1 cm³/mol. The van der Waals surface area contributed by atoms with Crippen LogP contribution in [0.1, 0.15) is 32.1 Å². The Hall–Kier alpha value is -0.220. The van der Waals surface area contributed by atoms with Gasteiger partial charge in [-0.15, -0.1) is 0 Å². The zero-order valence-corrected chi connectivity index (χ0v) is 10.1. The third-order valence-electron chi connectivity index (χ3n) is 3.46. The molecule has 2 fully saturated rings. The average molecular weight is 228 g/mol. The lowest BCUT2D eigenvalue weighted by atomic mass is 10.2. The molecule has 86 valence electrons. The summed E-state index contributed by atoms with van der Waals surface area (Å²) in [6.45, 7) is 0.995. The number of hydrogen-bond acceptors (Lipinski definition) is 3. The van der Waals surface area contributed by atoms with E-state index in [0.29, 0.717) is 11.3 Å². The number of carbonyl (C=O) groups is 1. The Morgan fingerprint density at radius 2 is 2.20 bits per heavy atom. The molecular weight excluding hydrogens is 208 g/mol. The lowest BCUT2D eigenvalue weighted by molar-refractivity contribution is -0.123. The van der Waals surface area contributed by atoms with Crippen molar-refractivity contribution < 1.29 is 4.79 Å². The maximum atomic E-state index is 11.9.